The predicted octanol–water partition coefficient (Wildman–Crippen LogP) is 19.0. The van der Waals surface area contributed by atoms with Crippen LogP contribution in [0.2, 0.25) is 0 Å². The van der Waals surface area contributed by atoms with Crippen LogP contribution in [-0.4, -0.2) is 9.55 Å². The van der Waals surface area contributed by atoms with Gasteiger partial charge in [-0.05, 0) is 26.2 Å². The Morgan fingerprint density at radius 2 is 0.604 bits per heavy atom. The van der Waals surface area contributed by atoms with E-state index in [1.54, 1.807) is 0 Å². The summed E-state index contributed by atoms with van der Waals surface area (Å²) in [7, 11) is 0. The second-order valence-corrected chi connectivity index (χ2v) is 17.8. The molecule has 2 heteroatoms. The van der Waals surface area contributed by atoms with E-state index in [4.69, 9.17) is 4.98 Å². The number of hydrogen-bond donors (Lipinski definition) is 0. The maximum Gasteiger partial charge on any atom is 0.111 e. The van der Waals surface area contributed by atoms with Crippen molar-refractivity contribution in [3.05, 3.63) is 18.2 Å². The first kappa shape index (κ1) is 50.2. The van der Waals surface area contributed by atoms with Crippen LogP contribution in [0.15, 0.2) is 12.4 Å². The molecule has 0 bridgehead atoms. The minimum absolute atomic E-state index is 0.584. The Morgan fingerprint density at radius 1 is 0.358 bits per heavy atom. The van der Waals surface area contributed by atoms with Crippen molar-refractivity contribution in [3.63, 3.8) is 0 Å². The Labute approximate surface area is 336 Å². The molecule has 0 fully saturated rings. The fourth-order valence-electron chi connectivity index (χ4n) is 8.83. The molecule has 0 amide bonds. The van der Waals surface area contributed by atoms with Crippen LogP contribution in [-0.2, 0) is 0 Å². The van der Waals surface area contributed by atoms with Crippen LogP contribution in [0.5, 0.6) is 0 Å². The van der Waals surface area contributed by atoms with E-state index in [-0.39, 0.29) is 0 Å². The summed E-state index contributed by atoms with van der Waals surface area (Å²) >= 11 is 0. The van der Waals surface area contributed by atoms with E-state index in [1.807, 2.05) is 0 Å². The number of aromatic nitrogens is 2. The molecule has 0 radical (unpaired) electrons. The van der Waals surface area contributed by atoms with E-state index in [9.17, 15) is 0 Å². The van der Waals surface area contributed by atoms with Crippen LogP contribution in [0.4, 0.5) is 0 Å². The Balaban J connectivity index is 2.34. The molecule has 0 aliphatic rings. The van der Waals surface area contributed by atoms with Crippen molar-refractivity contribution in [2.45, 2.75) is 309 Å². The third-order valence-corrected chi connectivity index (χ3v) is 12.6. The van der Waals surface area contributed by atoms with Gasteiger partial charge in [-0.3, -0.25) is 0 Å². The normalized spacial score (nSPS) is 12.9. The summed E-state index contributed by atoms with van der Waals surface area (Å²) in [5.74, 6) is 2.07. The second kappa shape index (κ2) is 40.9. The third kappa shape index (κ3) is 32.0. The molecule has 0 aliphatic heterocycles. The van der Waals surface area contributed by atoms with Crippen molar-refractivity contribution < 1.29 is 0 Å². The maximum absolute atomic E-state index is 5.07. The lowest BCUT2D eigenvalue weighted by Gasteiger charge is -2.22. The second-order valence-electron chi connectivity index (χ2n) is 17.8. The van der Waals surface area contributed by atoms with Gasteiger partial charge in [-0.1, -0.05) is 271 Å². The molecule has 1 rings (SSSR count). The van der Waals surface area contributed by atoms with E-state index in [0.717, 1.165) is 0 Å². The van der Waals surface area contributed by atoms with Gasteiger partial charge in [0, 0.05) is 24.4 Å². The quantitative estimate of drug-likeness (QED) is 0.0609. The average molecular weight is 741 g/mol. The first-order valence-corrected chi connectivity index (χ1v) is 25.3. The largest absolute Gasteiger partial charge is 0.332 e. The van der Waals surface area contributed by atoms with Crippen LogP contribution in [0.25, 0.3) is 0 Å². The van der Waals surface area contributed by atoms with E-state index >= 15 is 0 Å². The fourth-order valence-corrected chi connectivity index (χ4v) is 8.83. The minimum Gasteiger partial charge on any atom is -0.332 e. The van der Waals surface area contributed by atoms with E-state index < -0.39 is 0 Å². The van der Waals surface area contributed by atoms with Gasteiger partial charge >= 0.3 is 0 Å². The molecule has 53 heavy (non-hydrogen) atoms. The highest BCUT2D eigenvalue weighted by Crippen LogP contribution is 2.31. The highest BCUT2D eigenvalue weighted by atomic mass is 15.1. The summed E-state index contributed by atoms with van der Waals surface area (Å²) in [5.41, 5.74) is 0. The Kier molecular flexibility index (Phi) is 38.7. The molecule has 2 nitrogen and oxygen atoms in total. The van der Waals surface area contributed by atoms with Gasteiger partial charge in [0.1, 0.15) is 5.82 Å². The van der Waals surface area contributed by atoms with Crippen LogP contribution in [0.3, 0.4) is 0 Å². The monoisotopic (exact) mass is 741 g/mol. The molecule has 0 spiro atoms. The van der Waals surface area contributed by atoms with Gasteiger partial charge < -0.3 is 4.57 Å². The Morgan fingerprint density at radius 3 is 0.887 bits per heavy atom. The van der Waals surface area contributed by atoms with Crippen molar-refractivity contribution in [2.75, 3.05) is 0 Å². The van der Waals surface area contributed by atoms with Gasteiger partial charge in [0.25, 0.3) is 0 Å². The van der Waals surface area contributed by atoms with Gasteiger partial charge in [-0.2, -0.15) is 0 Å². The van der Waals surface area contributed by atoms with Gasteiger partial charge in [-0.25, -0.2) is 4.98 Å². The Hall–Kier alpha value is -0.790. The summed E-state index contributed by atoms with van der Waals surface area (Å²) in [5, 5.41) is 0. The number of imidazole rings is 1. The van der Waals surface area contributed by atoms with Crippen molar-refractivity contribution in [2.24, 2.45) is 0 Å². The highest BCUT2D eigenvalue weighted by molar-refractivity contribution is 5.02. The van der Waals surface area contributed by atoms with Crippen LogP contribution >= 0.6 is 0 Å². The fraction of sp³-hybridized carbons (Fsp3) is 0.941. The number of nitrogens with zero attached hydrogens (tertiary/aromatic N) is 2. The summed E-state index contributed by atoms with van der Waals surface area (Å²) in [6.07, 6.45) is 64.6. The Bertz CT molecular complexity index is 813. The lowest BCUT2D eigenvalue weighted by Crippen LogP contribution is -2.13. The van der Waals surface area contributed by atoms with Crippen molar-refractivity contribution in [1.29, 1.82) is 0 Å². The van der Waals surface area contributed by atoms with Crippen molar-refractivity contribution >= 4 is 0 Å². The molecule has 1 aromatic heterocycles. The lowest BCUT2D eigenvalue weighted by atomic mass is 9.92. The highest BCUT2D eigenvalue weighted by Gasteiger charge is 2.19. The van der Waals surface area contributed by atoms with Gasteiger partial charge in [0.15, 0.2) is 0 Å². The molecule has 1 aromatic rings. The molecule has 1 heterocycles. The zero-order valence-electron chi connectivity index (χ0n) is 37.4. The van der Waals surface area contributed by atoms with Gasteiger partial charge in [0.05, 0.1) is 0 Å². The molecule has 0 aromatic carbocycles. The molecule has 2 unspecified atom stereocenters. The van der Waals surface area contributed by atoms with Crippen LogP contribution < -0.4 is 0 Å². The van der Waals surface area contributed by atoms with Gasteiger partial charge in [0.2, 0.25) is 0 Å². The number of unbranched alkanes of at least 4 members (excludes halogenated alkanes) is 36. The molecule has 0 aliphatic carbocycles. The number of rotatable bonds is 44. The molecule has 0 saturated carbocycles. The van der Waals surface area contributed by atoms with Crippen molar-refractivity contribution in [3.8, 4) is 0 Å². The van der Waals surface area contributed by atoms with E-state index in [2.05, 4.69) is 44.7 Å². The van der Waals surface area contributed by atoms with E-state index in [1.165, 1.54) is 275 Å². The zero-order chi connectivity index (χ0) is 38.1. The summed E-state index contributed by atoms with van der Waals surface area (Å²) in [6, 6.07) is 0.584. The summed E-state index contributed by atoms with van der Waals surface area (Å²) in [4.78, 5) is 5.07. The molecule has 2 atom stereocenters. The van der Waals surface area contributed by atoms with Crippen LogP contribution in [0.1, 0.15) is 315 Å². The zero-order valence-corrected chi connectivity index (χ0v) is 37.4. The van der Waals surface area contributed by atoms with Gasteiger partial charge in [-0.15, -0.1) is 0 Å². The number of hydrogen-bond acceptors (Lipinski definition) is 1. The first-order valence-electron chi connectivity index (χ1n) is 25.3. The molecular weight excluding hydrogens is 641 g/mol. The SMILES string of the molecule is CCCCCCCCCCCCCCCCCC(CCCCCCCCCCCC)c1nccn1C(C)CCCCCCCCCCCCCCCC. The summed E-state index contributed by atoms with van der Waals surface area (Å²) < 4.78 is 2.61. The third-order valence-electron chi connectivity index (χ3n) is 12.6. The molecule has 0 saturated heterocycles. The topological polar surface area (TPSA) is 17.8 Å². The smallest absolute Gasteiger partial charge is 0.111 e. The molecule has 314 valence electrons. The van der Waals surface area contributed by atoms with E-state index in [0.29, 0.717) is 12.0 Å². The molecule has 0 N–H and O–H groups in total. The first-order chi connectivity index (χ1) is 26.2. The maximum atomic E-state index is 5.07. The minimum atomic E-state index is 0.584. The lowest BCUT2D eigenvalue weighted by molar-refractivity contribution is 0.412. The standard InChI is InChI=1S/C51H100N2/c1-5-8-11-14-17-20-23-25-27-29-31-34-37-40-43-46-50(45-42-39-36-33-22-19-16-13-10-7-3)51-52-47-48-53(51)49(4)44-41-38-35-32-30-28-26-24-21-18-15-12-9-6-2/h47-50H,5-46H2,1-4H3. The van der Waals surface area contributed by atoms with Crippen molar-refractivity contribution in [1.82, 2.24) is 9.55 Å². The average Bonchev–Trinajstić information content (AvgIpc) is 3.66. The van der Waals surface area contributed by atoms with Crippen LogP contribution in [0, 0.1) is 0 Å². The molecular formula is C51H100N2. The summed E-state index contributed by atoms with van der Waals surface area (Å²) in [6.45, 7) is 9.42. The predicted molar refractivity (Wildman–Crippen MR) is 241 cm³/mol.